The summed E-state index contributed by atoms with van der Waals surface area (Å²) in [6.45, 7) is 6.66. The molecule has 0 spiro atoms. The molecule has 2 aliphatic rings. The van der Waals surface area contributed by atoms with Crippen LogP contribution in [0.5, 0.6) is 0 Å². The molecule has 2 fully saturated rings. The number of fused-ring (bicyclic) bond motifs is 1. The number of aromatic nitrogens is 1. The summed E-state index contributed by atoms with van der Waals surface area (Å²) in [4.78, 5) is 9.30. The molecule has 0 aromatic carbocycles. The Morgan fingerprint density at radius 2 is 2.28 bits per heavy atom. The molecule has 0 aliphatic carbocycles. The second kappa shape index (κ2) is 4.86. The second-order valence-corrected chi connectivity index (χ2v) is 5.39. The topological polar surface area (TPSA) is 39.6 Å². The van der Waals surface area contributed by atoms with Crippen LogP contribution < -0.4 is 4.90 Å². The highest BCUT2D eigenvalue weighted by Gasteiger charge is 2.31. The molecule has 1 aromatic rings. The van der Waals surface area contributed by atoms with E-state index in [0.717, 1.165) is 30.9 Å². The number of hydrogen-bond acceptors (Lipinski definition) is 4. The van der Waals surface area contributed by atoms with Crippen molar-refractivity contribution in [3.8, 4) is 0 Å². The number of aliphatic hydroxyl groups is 1. The number of hydrogen-bond donors (Lipinski definition) is 1. The smallest absolute Gasteiger partial charge is 0.0717 e. The van der Waals surface area contributed by atoms with E-state index in [4.69, 9.17) is 0 Å². The van der Waals surface area contributed by atoms with Gasteiger partial charge >= 0.3 is 0 Å². The normalized spacial score (nSPS) is 24.3. The number of anilines is 1. The molecule has 0 amide bonds. The molecule has 4 nitrogen and oxygen atoms in total. The number of piperazine rings is 1. The fraction of sp³-hybridized carbons (Fsp3) is 0.643. The highest BCUT2D eigenvalue weighted by Crippen LogP contribution is 2.27. The number of pyridine rings is 1. The third-order valence-corrected chi connectivity index (χ3v) is 4.20. The van der Waals surface area contributed by atoms with Gasteiger partial charge in [-0.1, -0.05) is 0 Å². The van der Waals surface area contributed by atoms with Crippen molar-refractivity contribution in [1.82, 2.24) is 9.88 Å². The Hall–Kier alpha value is -1.13. The van der Waals surface area contributed by atoms with Gasteiger partial charge in [0.25, 0.3) is 0 Å². The lowest BCUT2D eigenvalue weighted by Crippen LogP contribution is -2.50. The van der Waals surface area contributed by atoms with E-state index in [2.05, 4.69) is 20.9 Å². The zero-order valence-electron chi connectivity index (χ0n) is 11.0. The largest absolute Gasteiger partial charge is 0.392 e. The molecule has 0 radical (unpaired) electrons. The first-order valence-electron chi connectivity index (χ1n) is 6.83. The minimum atomic E-state index is 0.0769. The highest BCUT2D eigenvalue weighted by atomic mass is 16.3. The van der Waals surface area contributed by atoms with E-state index in [1.54, 1.807) is 0 Å². The minimum absolute atomic E-state index is 0.0769. The molecule has 1 unspecified atom stereocenters. The van der Waals surface area contributed by atoms with Crippen molar-refractivity contribution in [1.29, 1.82) is 0 Å². The monoisotopic (exact) mass is 247 g/mol. The van der Waals surface area contributed by atoms with E-state index in [0.29, 0.717) is 6.04 Å². The van der Waals surface area contributed by atoms with Gasteiger partial charge in [0.15, 0.2) is 0 Å². The second-order valence-electron chi connectivity index (χ2n) is 5.39. The molecule has 2 saturated heterocycles. The summed E-state index contributed by atoms with van der Waals surface area (Å²) in [5, 5.41) is 9.45. The molecule has 1 aromatic heterocycles. The van der Waals surface area contributed by atoms with Crippen LogP contribution in [0, 0.1) is 6.92 Å². The van der Waals surface area contributed by atoms with Gasteiger partial charge in [-0.25, -0.2) is 0 Å². The van der Waals surface area contributed by atoms with E-state index in [1.165, 1.54) is 25.1 Å². The van der Waals surface area contributed by atoms with Gasteiger partial charge in [0.2, 0.25) is 0 Å². The summed E-state index contributed by atoms with van der Waals surface area (Å²) in [6.07, 6.45) is 4.46. The van der Waals surface area contributed by atoms with Crippen LogP contribution in [0.3, 0.4) is 0 Å². The average molecular weight is 247 g/mol. The van der Waals surface area contributed by atoms with Gasteiger partial charge in [0, 0.05) is 48.8 Å². The van der Waals surface area contributed by atoms with Crippen molar-refractivity contribution in [3.63, 3.8) is 0 Å². The highest BCUT2D eigenvalue weighted by molar-refractivity contribution is 5.54. The SMILES string of the molecule is Cc1cc(N2CCN3CCCC3C2)c(CO)cn1. The van der Waals surface area contributed by atoms with Crippen LogP contribution in [-0.4, -0.2) is 47.2 Å². The summed E-state index contributed by atoms with van der Waals surface area (Å²) in [6, 6.07) is 2.81. The van der Waals surface area contributed by atoms with Gasteiger partial charge in [0.05, 0.1) is 6.61 Å². The first kappa shape index (κ1) is 11.9. The van der Waals surface area contributed by atoms with Gasteiger partial charge in [-0.15, -0.1) is 0 Å². The van der Waals surface area contributed by atoms with Gasteiger partial charge in [-0.05, 0) is 32.4 Å². The maximum Gasteiger partial charge on any atom is 0.0717 e. The van der Waals surface area contributed by atoms with Crippen LogP contribution in [0.1, 0.15) is 24.1 Å². The molecule has 1 N–H and O–H groups in total. The van der Waals surface area contributed by atoms with Crippen LogP contribution in [0.2, 0.25) is 0 Å². The summed E-state index contributed by atoms with van der Waals surface area (Å²) < 4.78 is 0. The molecule has 2 aliphatic heterocycles. The molecule has 3 rings (SSSR count). The summed E-state index contributed by atoms with van der Waals surface area (Å²) >= 11 is 0. The van der Waals surface area contributed by atoms with Crippen LogP contribution in [0.25, 0.3) is 0 Å². The molecule has 4 heteroatoms. The van der Waals surface area contributed by atoms with E-state index in [-0.39, 0.29) is 6.61 Å². The lowest BCUT2D eigenvalue weighted by atomic mass is 10.1. The van der Waals surface area contributed by atoms with Gasteiger partial charge in [-0.3, -0.25) is 9.88 Å². The molecule has 3 heterocycles. The van der Waals surface area contributed by atoms with E-state index < -0.39 is 0 Å². The maximum atomic E-state index is 9.45. The first-order chi connectivity index (χ1) is 8.78. The Labute approximate surface area is 108 Å². The van der Waals surface area contributed by atoms with Crippen molar-refractivity contribution in [2.24, 2.45) is 0 Å². The van der Waals surface area contributed by atoms with Crippen molar-refractivity contribution in [2.75, 3.05) is 31.1 Å². The fourth-order valence-corrected chi connectivity index (χ4v) is 3.20. The van der Waals surface area contributed by atoms with Crippen molar-refractivity contribution >= 4 is 5.69 Å². The molecule has 18 heavy (non-hydrogen) atoms. The number of aryl methyl sites for hydroxylation is 1. The standard InChI is InChI=1S/C14H21N3O/c1-11-7-14(12(10-18)8-15-11)17-6-5-16-4-2-3-13(16)9-17/h7-8,13,18H,2-6,9-10H2,1H3. The lowest BCUT2D eigenvalue weighted by Gasteiger charge is -2.39. The molecule has 0 saturated carbocycles. The summed E-state index contributed by atoms with van der Waals surface area (Å²) in [5.41, 5.74) is 3.15. The van der Waals surface area contributed by atoms with Gasteiger partial charge in [-0.2, -0.15) is 0 Å². The van der Waals surface area contributed by atoms with Crippen molar-refractivity contribution in [2.45, 2.75) is 32.4 Å². The Bertz CT molecular complexity index is 435. The van der Waals surface area contributed by atoms with E-state index in [1.807, 2.05) is 13.1 Å². The Morgan fingerprint density at radius 1 is 1.39 bits per heavy atom. The molecular formula is C14H21N3O. The van der Waals surface area contributed by atoms with E-state index >= 15 is 0 Å². The van der Waals surface area contributed by atoms with Crippen LogP contribution in [0.15, 0.2) is 12.3 Å². The fourth-order valence-electron chi connectivity index (χ4n) is 3.20. The third kappa shape index (κ3) is 2.10. The van der Waals surface area contributed by atoms with Crippen molar-refractivity contribution < 1.29 is 5.11 Å². The summed E-state index contributed by atoms with van der Waals surface area (Å²) in [5.74, 6) is 0. The zero-order chi connectivity index (χ0) is 12.5. The molecule has 98 valence electrons. The molecule has 0 bridgehead atoms. The number of nitrogens with zero attached hydrogens (tertiary/aromatic N) is 3. The number of rotatable bonds is 2. The average Bonchev–Trinajstić information content (AvgIpc) is 2.85. The quantitative estimate of drug-likeness (QED) is 0.851. The Balaban J connectivity index is 1.84. The van der Waals surface area contributed by atoms with Gasteiger partial charge < -0.3 is 10.0 Å². The lowest BCUT2D eigenvalue weighted by molar-refractivity contribution is 0.229. The summed E-state index contributed by atoms with van der Waals surface area (Å²) in [7, 11) is 0. The minimum Gasteiger partial charge on any atom is -0.392 e. The third-order valence-electron chi connectivity index (χ3n) is 4.20. The maximum absolute atomic E-state index is 9.45. The molecule has 1 atom stereocenters. The predicted molar refractivity (Wildman–Crippen MR) is 71.7 cm³/mol. The number of aliphatic hydroxyl groups excluding tert-OH is 1. The first-order valence-corrected chi connectivity index (χ1v) is 6.83. The molecular weight excluding hydrogens is 226 g/mol. The van der Waals surface area contributed by atoms with Crippen LogP contribution in [-0.2, 0) is 6.61 Å². The Morgan fingerprint density at radius 3 is 3.11 bits per heavy atom. The zero-order valence-corrected chi connectivity index (χ0v) is 11.0. The van der Waals surface area contributed by atoms with Crippen LogP contribution in [0.4, 0.5) is 5.69 Å². The predicted octanol–water partition coefficient (Wildman–Crippen LogP) is 1.17. The van der Waals surface area contributed by atoms with Crippen LogP contribution >= 0.6 is 0 Å². The van der Waals surface area contributed by atoms with Crippen molar-refractivity contribution in [3.05, 3.63) is 23.5 Å². The van der Waals surface area contributed by atoms with E-state index in [9.17, 15) is 5.11 Å². The Kier molecular flexibility index (Phi) is 3.22. The van der Waals surface area contributed by atoms with Gasteiger partial charge in [0.1, 0.15) is 0 Å².